The van der Waals surface area contributed by atoms with Crippen molar-refractivity contribution in [2.24, 2.45) is 5.73 Å². The number of rotatable bonds is 3. The lowest BCUT2D eigenvalue weighted by atomic mass is 10.1. The predicted octanol–water partition coefficient (Wildman–Crippen LogP) is 2.00. The number of anilines is 1. The molecule has 1 heterocycles. The van der Waals surface area contributed by atoms with Gasteiger partial charge in [0.05, 0.1) is 16.8 Å². The number of fused-ring (bicyclic) bond motifs is 1. The number of nitrogens with two attached hydrogens (primary N) is 1. The number of carboxylic acid groups (broad SMARTS) is 1. The van der Waals surface area contributed by atoms with Gasteiger partial charge in [-0.3, -0.25) is 4.79 Å². The van der Waals surface area contributed by atoms with E-state index in [2.05, 4.69) is 0 Å². The Hall–Kier alpha value is -2.82. The first-order chi connectivity index (χ1) is 10.1. The highest BCUT2D eigenvalue weighted by atomic mass is 16.4. The molecule has 0 unspecified atom stereocenters. The molecule has 0 atom stereocenters. The van der Waals surface area contributed by atoms with Gasteiger partial charge < -0.3 is 15.7 Å². The molecule has 0 spiro atoms. The van der Waals surface area contributed by atoms with Gasteiger partial charge in [0, 0.05) is 13.1 Å². The van der Waals surface area contributed by atoms with Crippen molar-refractivity contribution in [3.05, 3.63) is 64.7 Å². The Kier molecular flexibility index (Phi) is 3.10. The molecule has 1 amide bonds. The van der Waals surface area contributed by atoms with Crippen LogP contribution in [0, 0.1) is 0 Å². The molecule has 1 aliphatic heterocycles. The summed E-state index contributed by atoms with van der Waals surface area (Å²) in [5.74, 6) is -1.40. The molecule has 5 heteroatoms. The van der Waals surface area contributed by atoms with Gasteiger partial charge >= 0.3 is 5.97 Å². The van der Waals surface area contributed by atoms with Gasteiger partial charge in [-0.25, -0.2) is 4.79 Å². The van der Waals surface area contributed by atoms with Crippen LogP contribution in [-0.4, -0.2) is 17.0 Å². The summed E-state index contributed by atoms with van der Waals surface area (Å²) >= 11 is 0. The third kappa shape index (κ3) is 2.33. The first kappa shape index (κ1) is 13.2. The molecule has 2 aromatic carbocycles. The number of benzene rings is 2. The topological polar surface area (TPSA) is 83.6 Å². The highest BCUT2D eigenvalue weighted by molar-refractivity contribution is 5.98. The van der Waals surface area contributed by atoms with Crippen LogP contribution in [0.2, 0.25) is 0 Å². The predicted molar refractivity (Wildman–Crippen MR) is 78.2 cm³/mol. The van der Waals surface area contributed by atoms with E-state index in [0.717, 1.165) is 16.8 Å². The van der Waals surface area contributed by atoms with Crippen LogP contribution in [0.4, 0.5) is 5.69 Å². The summed E-state index contributed by atoms with van der Waals surface area (Å²) in [6.45, 7) is 1.21. The molecule has 0 bridgehead atoms. The Morgan fingerprint density at radius 3 is 2.48 bits per heavy atom. The number of hydrogen-bond acceptors (Lipinski definition) is 3. The third-order valence-corrected chi connectivity index (χ3v) is 3.69. The van der Waals surface area contributed by atoms with Crippen molar-refractivity contribution in [2.75, 3.05) is 4.90 Å². The van der Waals surface area contributed by atoms with E-state index in [4.69, 9.17) is 10.8 Å². The van der Waals surface area contributed by atoms with Crippen molar-refractivity contribution in [1.29, 1.82) is 0 Å². The van der Waals surface area contributed by atoms with Gasteiger partial charge in [0.2, 0.25) is 0 Å². The fourth-order valence-corrected chi connectivity index (χ4v) is 2.66. The zero-order valence-electron chi connectivity index (χ0n) is 11.2. The Labute approximate surface area is 121 Å². The molecule has 0 saturated carbocycles. The molecule has 3 N–H and O–H groups in total. The van der Waals surface area contributed by atoms with E-state index in [1.54, 1.807) is 24.3 Å². The summed E-state index contributed by atoms with van der Waals surface area (Å²) < 4.78 is 0. The maximum Gasteiger partial charge on any atom is 0.335 e. The minimum atomic E-state index is -0.936. The number of carbonyl (C=O) groups excluding carboxylic acids is 1. The van der Waals surface area contributed by atoms with Crippen molar-refractivity contribution in [2.45, 2.75) is 13.1 Å². The minimum Gasteiger partial charge on any atom is -0.478 e. The summed E-state index contributed by atoms with van der Waals surface area (Å²) in [5.41, 5.74) is 8.97. The quantitative estimate of drug-likeness (QED) is 0.902. The van der Waals surface area contributed by atoms with E-state index in [1.807, 2.05) is 23.1 Å². The van der Waals surface area contributed by atoms with Crippen molar-refractivity contribution in [3.8, 4) is 0 Å². The zero-order chi connectivity index (χ0) is 15.0. The maximum absolute atomic E-state index is 11.5. The molecule has 1 aliphatic rings. The summed E-state index contributed by atoms with van der Waals surface area (Å²) in [7, 11) is 0. The van der Waals surface area contributed by atoms with Crippen LogP contribution in [0.1, 0.15) is 31.8 Å². The number of carboxylic acids is 1. The number of para-hydroxylation sites is 1. The molecule has 0 radical (unpaired) electrons. The second-order valence-electron chi connectivity index (χ2n) is 5.03. The van der Waals surface area contributed by atoms with Gasteiger partial charge in [0.25, 0.3) is 5.91 Å². The van der Waals surface area contributed by atoms with Gasteiger partial charge in [0.1, 0.15) is 0 Å². The number of nitrogens with zero attached hydrogens (tertiary/aromatic N) is 1. The molecular weight excluding hydrogens is 268 g/mol. The number of primary amides is 1. The standard InChI is InChI=1S/C16H14N2O3/c17-15(19)13-3-1-2-4-14(13)18-8-11-6-5-10(16(20)21)7-12(11)9-18/h1-7H,8-9H2,(H2,17,19)(H,20,21). The molecule has 0 saturated heterocycles. The Bertz CT molecular complexity index is 740. The van der Waals surface area contributed by atoms with Gasteiger partial charge in [0.15, 0.2) is 0 Å². The number of amides is 1. The van der Waals surface area contributed by atoms with Crippen LogP contribution < -0.4 is 10.6 Å². The summed E-state index contributed by atoms with van der Waals surface area (Å²) in [6.07, 6.45) is 0. The zero-order valence-corrected chi connectivity index (χ0v) is 11.2. The second-order valence-corrected chi connectivity index (χ2v) is 5.03. The van der Waals surface area contributed by atoms with Gasteiger partial charge in [-0.2, -0.15) is 0 Å². The van der Waals surface area contributed by atoms with E-state index in [0.29, 0.717) is 18.7 Å². The lowest BCUT2D eigenvalue weighted by molar-refractivity contribution is 0.0696. The van der Waals surface area contributed by atoms with Gasteiger partial charge in [-0.15, -0.1) is 0 Å². The van der Waals surface area contributed by atoms with Crippen molar-refractivity contribution in [3.63, 3.8) is 0 Å². The number of hydrogen-bond donors (Lipinski definition) is 2. The highest BCUT2D eigenvalue weighted by Crippen LogP contribution is 2.31. The SMILES string of the molecule is NC(=O)c1ccccc1N1Cc2ccc(C(=O)O)cc2C1. The van der Waals surface area contributed by atoms with E-state index in [9.17, 15) is 9.59 Å². The molecule has 3 rings (SSSR count). The summed E-state index contributed by atoms with van der Waals surface area (Å²) in [4.78, 5) is 24.6. The fraction of sp³-hybridized carbons (Fsp3) is 0.125. The molecule has 21 heavy (non-hydrogen) atoms. The normalized spacial score (nSPS) is 13.0. The molecular formula is C16H14N2O3. The largest absolute Gasteiger partial charge is 0.478 e. The number of aromatic carboxylic acids is 1. The summed E-state index contributed by atoms with van der Waals surface area (Å²) in [6, 6.07) is 12.3. The van der Waals surface area contributed by atoms with Crippen LogP contribution in [-0.2, 0) is 13.1 Å². The Balaban J connectivity index is 1.95. The molecule has 0 aliphatic carbocycles. The lowest BCUT2D eigenvalue weighted by Gasteiger charge is -2.20. The molecule has 0 fully saturated rings. The minimum absolute atomic E-state index is 0.277. The third-order valence-electron chi connectivity index (χ3n) is 3.69. The maximum atomic E-state index is 11.5. The van der Waals surface area contributed by atoms with Crippen molar-refractivity contribution < 1.29 is 14.7 Å². The number of carbonyl (C=O) groups is 2. The fourth-order valence-electron chi connectivity index (χ4n) is 2.66. The van der Waals surface area contributed by atoms with E-state index >= 15 is 0 Å². The van der Waals surface area contributed by atoms with Crippen LogP contribution in [0.15, 0.2) is 42.5 Å². The first-order valence-corrected chi connectivity index (χ1v) is 6.55. The van der Waals surface area contributed by atoms with Gasteiger partial charge in [-0.1, -0.05) is 18.2 Å². The van der Waals surface area contributed by atoms with Crippen molar-refractivity contribution >= 4 is 17.6 Å². The van der Waals surface area contributed by atoms with Crippen LogP contribution in [0.25, 0.3) is 0 Å². The Morgan fingerprint density at radius 2 is 1.76 bits per heavy atom. The average molecular weight is 282 g/mol. The van der Waals surface area contributed by atoms with E-state index in [1.165, 1.54) is 0 Å². The molecule has 106 valence electrons. The molecule has 0 aromatic heterocycles. The Morgan fingerprint density at radius 1 is 1.05 bits per heavy atom. The van der Waals surface area contributed by atoms with Gasteiger partial charge in [-0.05, 0) is 35.4 Å². The van der Waals surface area contributed by atoms with Crippen LogP contribution in [0.3, 0.4) is 0 Å². The summed E-state index contributed by atoms with van der Waals surface area (Å²) in [5, 5.41) is 9.04. The monoisotopic (exact) mass is 282 g/mol. The smallest absolute Gasteiger partial charge is 0.335 e. The second kappa shape index (κ2) is 4.94. The van der Waals surface area contributed by atoms with E-state index < -0.39 is 11.9 Å². The van der Waals surface area contributed by atoms with E-state index in [-0.39, 0.29) is 5.56 Å². The van der Waals surface area contributed by atoms with Crippen LogP contribution in [0.5, 0.6) is 0 Å². The lowest BCUT2D eigenvalue weighted by Crippen LogP contribution is -2.20. The first-order valence-electron chi connectivity index (χ1n) is 6.55. The average Bonchev–Trinajstić information content (AvgIpc) is 2.89. The molecule has 2 aromatic rings. The molecule has 5 nitrogen and oxygen atoms in total. The van der Waals surface area contributed by atoms with Crippen LogP contribution >= 0.6 is 0 Å². The highest BCUT2D eigenvalue weighted by Gasteiger charge is 2.23. The van der Waals surface area contributed by atoms with Crippen molar-refractivity contribution in [1.82, 2.24) is 0 Å².